The second kappa shape index (κ2) is 6.61. The summed E-state index contributed by atoms with van der Waals surface area (Å²) in [5, 5.41) is 3.32. The Bertz CT molecular complexity index is 533. The van der Waals surface area contributed by atoms with Crippen LogP contribution in [0.15, 0.2) is 29.2 Å². The summed E-state index contributed by atoms with van der Waals surface area (Å²) in [5.41, 5.74) is 0.830. The average molecular weight is 297 g/mol. The largest absolute Gasteiger partial charge is 0.383 e. The van der Waals surface area contributed by atoms with Crippen LogP contribution in [0.25, 0.3) is 0 Å². The van der Waals surface area contributed by atoms with Gasteiger partial charge in [-0.25, -0.2) is 8.42 Å². The van der Waals surface area contributed by atoms with Gasteiger partial charge in [0, 0.05) is 6.54 Å². The number of sulfone groups is 1. The smallest absolute Gasteiger partial charge is 0.180 e. The molecule has 0 saturated carbocycles. The van der Waals surface area contributed by atoms with Gasteiger partial charge in [0.05, 0.1) is 16.3 Å². The lowest BCUT2D eigenvalue weighted by atomic mass is 9.81. The molecule has 0 saturated heterocycles. The third-order valence-corrected chi connectivity index (χ3v) is 5.96. The molecule has 114 valence electrons. The first-order chi connectivity index (χ1) is 9.20. The van der Waals surface area contributed by atoms with Crippen LogP contribution in [0.4, 0.5) is 5.69 Å². The van der Waals surface area contributed by atoms with E-state index in [-0.39, 0.29) is 11.2 Å². The number of rotatable bonds is 7. The van der Waals surface area contributed by atoms with E-state index in [0.29, 0.717) is 17.2 Å². The lowest BCUT2D eigenvalue weighted by molar-refractivity contribution is 0.269. The van der Waals surface area contributed by atoms with Gasteiger partial charge in [-0.1, -0.05) is 46.8 Å². The molecule has 0 amide bonds. The van der Waals surface area contributed by atoms with E-state index in [2.05, 4.69) is 33.0 Å². The van der Waals surface area contributed by atoms with Gasteiger partial charge in [0.25, 0.3) is 0 Å². The Morgan fingerprint density at radius 3 is 2.35 bits per heavy atom. The van der Waals surface area contributed by atoms with E-state index in [1.807, 2.05) is 19.1 Å². The van der Waals surface area contributed by atoms with Crippen molar-refractivity contribution < 1.29 is 8.42 Å². The molecular formula is C16H27NO2S. The normalized spacial score (nSPS) is 12.7. The minimum absolute atomic E-state index is 0.113. The number of nitrogens with one attached hydrogen (secondary N) is 1. The fraction of sp³-hybridized carbons (Fsp3) is 0.625. The van der Waals surface area contributed by atoms with Crippen LogP contribution in [0.2, 0.25) is 0 Å². The first-order valence-electron chi connectivity index (χ1n) is 7.26. The minimum atomic E-state index is -3.19. The summed E-state index contributed by atoms with van der Waals surface area (Å²) in [7, 11) is -3.19. The molecule has 0 aliphatic carbocycles. The van der Waals surface area contributed by atoms with Crippen molar-refractivity contribution in [3.63, 3.8) is 0 Å². The summed E-state index contributed by atoms with van der Waals surface area (Å²) in [6, 6.07) is 7.19. The zero-order chi connectivity index (χ0) is 15.4. The summed E-state index contributed by atoms with van der Waals surface area (Å²) < 4.78 is 24.5. The maximum atomic E-state index is 12.3. The number of hydrogen-bond donors (Lipinski definition) is 1. The van der Waals surface area contributed by atoms with Gasteiger partial charge in [-0.05, 0) is 29.9 Å². The minimum Gasteiger partial charge on any atom is -0.383 e. The number of hydrogen-bond acceptors (Lipinski definition) is 3. The van der Waals surface area contributed by atoms with Crippen molar-refractivity contribution in [2.75, 3.05) is 17.6 Å². The Hall–Kier alpha value is -1.03. The van der Waals surface area contributed by atoms with Crippen LogP contribution in [0, 0.1) is 11.3 Å². The van der Waals surface area contributed by atoms with Gasteiger partial charge in [0.1, 0.15) is 0 Å². The molecule has 1 aromatic carbocycles. The van der Waals surface area contributed by atoms with E-state index < -0.39 is 9.84 Å². The van der Waals surface area contributed by atoms with Crippen molar-refractivity contribution in [1.82, 2.24) is 0 Å². The molecule has 1 N–H and O–H groups in total. The quantitative estimate of drug-likeness (QED) is 0.828. The summed E-state index contributed by atoms with van der Waals surface area (Å²) in [6.07, 6.45) is 0.633. The first-order valence-corrected chi connectivity index (χ1v) is 8.91. The molecule has 0 atom stereocenters. The molecule has 0 aliphatic rings. The maximum Gasteiger partial charge on any atom is 0.180 e. The predicted molar refractivity (Wildman–Crippen MR) is 85.9 cm³/mol. The van der Waals surface area contributed by atoms with Crippen LogP contribution in [0.3, 0.4) is 0 Å². The Balaban J connectivity index is 2.98. The van der Waals surface area contributed by atoms with Gasteiger partial charge in [-0.2, -0.15) is 0 Å². The van der Waals surface area contributed by atoms with E-state index in [4.69, 9.17) is 0 Å². The van der Waals surface area contributed by atoms with Crippen LogP contribution in [-0.2, 0) is 9.84 Å². The van der Waals surface area contributed by atoms with Crippen LogP contribution in [0.1, 0.15) is 41.0 Å². The van der Waals surface area contributed by atoms with E-state index in [9.17, 15) is 8.42 Å². The van der Waals surface area contributed by atoms with Crippen LogP contribution < -0.4 is 5.32 Å². The second-order valence-electron chi connectivity index (χ2n) is 6.31. The van der Waals surface area contributed by atoms with Crippen molar-refractivity contribution in [1.29, 1.82) is 0 Å². The fourth-order valence-corrected chi connectivity index (χ4v) is 3.31. The highest BCUT2D eigenvalue weighted by molar-refractivity contribution is 7.91. The Labute approximate surface area is 123 Å². The van der Waals surface area contributed by atoms with E-state index in [0.717, 1.165) is 12.2 Å². The van der Waals surface area contributed by atoms with E-state index >= 15 is 0 Å². The van der Waals surface area contributed by atoms with Gasteiger partial charge in [0.2, 0.25) is 0 Å². The second-order valence-corrected chi connectivity index (χ2v) is 8.39. The topological polar surface area (TPSA) is 46.2 Å². The molecule has 0 bridgehead atoms. The molecule has 1 rings (SSSR count). The van der Waals surface area contributed by atoms with Crippen LogP contribution >= 0.6 is 0 Å². The Morgan fingerprint density at radius 2 is 1.80 bits per heavy atom. The Morgan fingerprint density at radius 1 is 1.20 bits per heavy atom. The van der Waals surface area contributed by atoms with Crippen molar-refractivity contribution in [3.05, 3.63) is 24.3 Å². The lowest BCUT2D eigenvalue weighted by Gasteiger charge is -2.30. The van der Waals surface area contributed by atoms with Gasteiger partial charge >= 0.3 is 0 Å². The van der Waals surface area contributed by atoms with Crippen molar-refractivity contribution in [2.45, 2.75) is 45.9 Å². The zero-order valence-corrected chi connectivity index (χ0v) is 14.0. The fourth-order valence-electron chi connectivity index (χ4n) is 1.79. The molecule has 20 heavy (non-hydrogen) atoms. The van der Waals surface area contributed by atoms with Crippen molar-refractivity contribution in [2.24, 2.45) is 11.3 Å². The highest BCUT2D eigenvalue weighted by Crippen LogP contribution is 2.28. The number of para-hydroxylation sites is 1. The summed E-state index contributed by atoms with van der Waals surface area (Å²) in [6.45, 7) is 11.4. The summed E-state index contributed by atoms with van der Waals surface area (Å²) in [5.74, 6) is 0.716. The summed E-state index contributed by atoms with van der Waals surface area (Å²) >= 11 is 0. The molecule has 0 unspecified atom stereocenters. The molecule has 0 fully saturated rings. The van der Waals surface area contributed by atoms with Crippen molar-refractivity contribution >= 4 is 15.5 Å². The van der Waals surface area contributed by atoms with Gasteiger partial charge in [0.15, 0.2) is 9.84 Å². The number of benzene rings is 1. The first kappa shape index (κ1) is 17.0. The average Bonchev–Trinajstić information content (AvgIpc) is 2.36. The summed E-state index contributed by atoms with van der Waals surface area (Å²) in [4.78, 5) is 0.418. The third-order valence-electron chi connectivity index (χ3n) is 3.99. The third kappa shape index (κ3) is 4.23. The molecule has 4 heteroatoms. The molecule has 0 radical (unpaired) electrons. The van der Waals surface area contributed by atoms with E-state index in [1.165, 1.54) is 0 Å². The molecule has 0 heterocycles. The monoisotopic (exact) mass is 297 g/mol. The predicted octanol–water partition coefficient (Wildman–Crippen LogP) is 3.96. The van der Waals surface area contributed by atoms with Crippen molar-refractivity contribution in [3.8, 4) is 0 Å². The molecule has 0 spiro atoms. The molecular weight excluding hydrogens is 270 g/mol. The molecule has 0 aliphatic heterocycles. The molecule has 1 aromatic rings. The molecule has 0 aromatic heterocycles. The standard InChI is InChI=1S/C16H27NO2S/c1-6-11-20(18,19)15-10-8-7-9-14(15)17-12-16(4,5)13(2)3/h7-10,13,17H,6,11-12H2,1-5H3. The maximum absolute atomic E-state index is 12.3. The van der Waals surface area contributed by atoms with Gasteiger partial charge in [-0.15, -0.1) is 0 Å². The SMILES string of the molecule is CCCS(=O)(=O)c1ccccc1NCC(C)(C)C(C)C. The van der Waals surface area contributed by atoms with E-state index in [1.54, 1.807) is 12.1 Å². The highest BCUT2D eigenvalue weighted by atomic mass is 32.2. The van der Waals surface area contributed by atoms with Gasteiger partial charge in [-0.3, -0.25) is 0 Å². The lowest BCUT2D eigenvalue weighted by Crippen LogP contribution is -2.29. The number of anilines is 1. The van der Waals surface area contributed by atoms with Crippen LogP contribution in [0.5, 0.6) is 0 Å². The Kier molecular flexibility index (Phi) is 5.63. The zero-order valence-electron chi connectivity index (χ0n) is 13.2. The highest BCUT2D eigenvalue weighted by Gasteiger charge is 2.23. The molecule has 3 nitrogen and oxygen atoms in total. The van der Waals surface area contributed by atoms with Gasteiger partial charge < -0.3 is 5.32 Å². The van der Waals surface area contributed by atoms with Crippen LogP contribution in [-0.4, -0.2) is 20.7 Å².